The van der Waals surface area contributed by atoms with Gasteiger partial charge in [-0.2, -0.15) is 0 Å². The van der Waals surface area contributed by atoms with E-state index in [0.29, 0.717) is 18.0 Å². The van der Waals surface area contributed by atoms with E-state index in [4.69, 9.17) is 4.74 Å². The Morgan fingerprint density at radius 2 is 1.90 bits per heavy atom. The van der Waals surface area contributed by atoms with Crippen molar-refractivity contribution >= 4 is 11.4 Å². The van der Waals surface area contributed by atoms with Gasteiger partial charge in [-0.15, -0.1) is 4.72 Å². The van der Waals surface area contributed by atoms with Crippen molar-refractivity contribution < 1.29 is 9.29 Å². The van der Waals surface area contributed by atoms with Gasteiger partial charge in [0.1, 0.15) is 5.25 Å². The van der Waals surface area contributed by atoms with E-state index in [1.807, 2.05) is 17.6 Å². The first kappa shape index (κ1) is 23.3. The molecule has 0 aromatic carbocycles. The molecule has 0 bridgehead atoms. The van der Waals surface area contributed by atoms with E-state index in [1.54, 1.807) is 0 Å². The van der Waals surface area contributed by atoms with Crippen molar-refractivity contribution in [3.63, 3.8) is 0 Å². The van der Waals surface area contributed by atoms with Crippen LogP contribution in [0.5, 0.6) is 0 Å². The maximum Gasteiger partial charge on any atom is 0.254 e. The number of ether oxygens (including phenoxy) is 1. The summed E-state index contributed by atoms with van der Waals surface area (Å²) in [6.07, 6.45) is 14.3. The lowest BCUT2D eigenvalue weighted by Crippen LogP contribution is -2.50. The standard InChI is InChI=1S/C25H40N2O3S/c1-3-4-5-6-19-8-12-21(13-9-19)30-17-24-23(26-31(29)22-14-15-22)16-11-20-10-7-18(2)25(28)27(20)24/h7,10,19,21-24,26H,3-6,8-9,11-17H2,1-2H3. The minimum atomic E-state index is -1.01. The normalized spacial score (nSPS) is 29.5. The topological polar surface area (TPSA) is 66.3 Å². The van der Waals surface area contributed by atoms with Gasteiger partial charge in [0, 0.05) is 35.5 Å². The fourth-order valence-corrected chi connectivity index (χ4v) is 6.63. The summed E-state index contributed by atoms with van der Waals surface area (Å²) in [5, 5.41) is 0.292. The molecule has 1 N–H and O–H groups in total. The molecule has 2 aliphatic carbocycles. The van der Waals surface area contributed by atoms with Crippen molar-refractivity contribution in [2.75, 3.05) is 6.61 Å². The number of rotatable bonds is 10. The number of nitrogens with one attached hydrogen (secondary N) is 1. The van der Waals surface area contributed by atoms with Crippen LogP contribution in [0.2, 0.25) is 0 Å². The zero-order valence-corrected chi connectivity index (χ0v) is 20.1. The third-order valence-corrected chi connectivity index (χ3v) is 9.12. The van der Waals surface area contributed by atoms with Crippen LogP contribution in [0.15, 0.2) is 16.9 Å². The van der Waals surface area contributed by atoms with Crippen LogP contribution >= 0.6 is 0 Å². The molecule has 0 spiro atoms. The van der Waals surface area contributed by atoms with E-state index < -0.39 is 11.4 Å². The number of hydrogen-bond acceptors (Lipinski definition) is 4. The predicted octanol–water partition coefficient (Wildman–Crippen LogP) is 4.58. The molecule has 3 aliphatic rings. The molecular weight excluding hydrogens is 408 g/mol. The molecule has 3 atom stereocenters. The van der Waals surface area contributed by atoms with Crippen molar-refractivity contribution in [1.29, 1.82) is 0 Å². The van der Waals surface area contributed by atoms with E-state index in [-0.39, 0.29) is 17.6 Å². The van der Waals surface area contributed by atoms with E-state index in [0.717, 1.165) is 55.7 Å². The molecule has 1 aliphatic heterocycles. The van der Waals surface area contributed by atoms with Gasteiger partial charge < -0.3 is 13.9 Å². The third kappa shape index (κ3) is 5.95. The lowest BCUT2D eigenvalue weighted by molar-refractivity contribution is -0.00748. The zero-order chi connectivity index (χ0) is 21.8. The van der Waals surface area contributed by atoms with Gasteiger partial charge in [0.2, 0.25) is 0 Å². The minimum Gasteiger partial charge on any atom is -0.598 e. The minimum absolute atomic E-state index is 0.0267. The molecule has 1 aromatic rings. The Morgan fingerprint density at radius 1 is 1.13 bits per heavy atom. The average Bonchev–Trinajstić information content (AvgIpc) is 3.62. The van der Waals surface area contributed by atoms with Gasteiger partial charge in [-0.1, -0.05) is 38.7 Å². The molecule has 6 heteroatoms. The van der Waals surface area contributed by atoms with Gasteiger partial charge in [-0.3, -0.25) is 4.79 Å². The maximum absolute atomic E-state index is 13.0. The maximum atomic E-state index is 13.0. The van der Waals surface area contributed by atoms with Crippen molar-refractivity contribution in [3.05, 3.63) is 33.7 Å². The van der Waals surface area contributed by atoms with Gasteiger partial charge in [0.25, 0.3) is 5.56 Å². The summed E-state index contributed by atoms with van der Waals surface area (Å²) in [5.41, 5.74) is 1.93. The highest BCUT2D eigenvalue weighted by Crippen LogP contribution is 2.33. The second-order valence-electron chi connectivity index (χ2n) is 9.98. The Morgan fingerprint density at radius 3 is 2.61 bits per heavy atom. The largest absolute Gasteiger partial charge is 0.598 e. The molecule has 3 unspecified atom stereocenters. The number of aryl methyl sites for hydroxylation is 2. The van der Waals surface area contributed by atoms with Gasteiger partial charge in [0.05, 0.1) is 24.8 Å². The van der Waals surface area contributed by atoms with Crippen LogP contribution in [0, 0.1) is 12.8 Å². The first-order valence-electron chi connectivity index (χ1n) is 12.6. The molecule has 5 nitrogen and oxygen atoms in total. The van der Waals surface area contributed by atoms with Gasteiger partial charge in [-0.25, -0.2) is 0 Å². The number of unbranched alkanes of at least 4 members (excludes halogenated alkanes) is 2. The van der Waals surface area contributed by atoms with E-state index >= 15 is 0 Å². The van der Waals surface area contributed by atoms with E-state index in [2.05, 4.69) is 17.7 Å². The summed E-state index contributed by atoms with van der Waals surface area (Å²) in [6.45, 7) is 4.68. The van der Waals surface area contributed by atoms with Crippen LogP contribution in [-0.2, 0) is 22.5 Å². The van der Waals surface area contributed by atoms with Gasteiger partial charge >= 0.3 is 0 Å². The highest BCUT2D eigenvalue weighted by molar-refractivity contribution is 7.90. The highest BCUT2D eigenvalue weighted by Gasteiger charge is 2.40. The zero-order valence-electron chi connectivity index (χ0n) is 19.3. The molecule has 31 heavy (non-hydrogen) atoms. The van der Waals surface area contributed by atoms with Crippen LogP contribution < -0.4 is 10.3 Å². The predicted molar refractivity (Wildman–Crippen MR) is 127 cm³/mol. The third-order valence-electron chi connectivity index (χ3n) is 7.51. The molecule has 1 aromatic heterocycles. The monoisotopic (exact) mass is 448 g/mol. The van der Waals surface area contributed by atoms with Crippen molar-refractivity contribution in [2.45, 2.75) is 114 Å². The molecular formula is C25H40N2O3S. The number of hydrogen-bond donors (Lipinski definition) is 1. The number of aromatic nitrogens is 1. The number of pyridine rings is 1. The molecule has 174 valence electrons. The fourth-order valence-electron chi connectivity index (χ4n) is 5.30. The summed E-state index contributed by atoms with van der Waals surface area (Å²) in [7, 11) is 0. The van der Waals surface area contributed by atoms with Crippen LogP contribution in [-0.4, -0.2) is 33.1 Å². The summed E-state index contributed by atoms with van der Waals surface area (Å²) in [4.78, 5) is 13.0. The molecule has 0 amide bonds. The number of nitrogens with zero attached hydrogens (tertiary/aromatic N) is 1. The smallest absolute Gasteiger partial charge is 0.254 e. The molecule has 2 fully saturated rings. The second-order valence-corrected chi connectivity index (χ2v) is 11.5. The highest BCUT2D eigenvalue weighted by atomic mass is 32.2. The molecule has 2 saturated carbocycles. The lowest BCUT2D eigenvalue weighted by atomic mass is 9.84. The van der Waals surface area contributed by atoms with Gasteiger partial charge in [0.15, 0.2) is 0 Å². The summed E-state index contributed by atoms with van der Waals surface area (Å²) >= 11 is -1.01. The van der Waals surface area contributed by atoms with Crippen LogP contribution in [0.4, 0.5) is 0 Å². The molecule has 2 heterocycles. The summed E-state index contributed by atoms with van der Waals surface area (Å²) in [6, 6.07) is 3.96. The van der Waals surface area contributed by atoms with E-state index in [1.165, 1.54) is 38.5 Å². The lowest BCUT2D eigenvalue weighted by Gasteiger charge is -2.37. The van der Waals surface area contributed by atoms with Crippen molar-refractivity contribution in [3.8, 4) is 0 Å². The van der Waals surface area contributed by atoms with E-state index in [9.17, 15) is 9.35 Å². The summed E-state index contributed by atoms with van der Waals surface area (Å²) in [5.74, 6) is 0.863. The van der Waals surface area contributed by atoms with Crippen LogP contribution in [0.1, 0.15) is 94.9 Å². The second kappa shape index (κ2) is 10.9. The van der Waals surface area contributed by atoms with Gasteiger partial charge in [-0.05, 0) is 57.4 Å². The Kier molecular flexibility index (Phi) is 8.18. The Balaban J connectivity index is 1.39. The Bertz CT molecular complexity index is 771. The van der Waals surface area contributed by atoms with Crippen molar-refractivity contribution in [2.24, 2.45) is 5.92 Å². The first-order valence-corrected chi connectivity index (χ1v) is 13.8. The molecule has 0 saturated heterocycles. The summed E-state index contributed by atoms with van der Waals surface area (Å²) < 4.78 is 24.4. The first-order chi connectivity index (χ1) is 15.1. The average molecular weight is 449 g/mol. The van der Waals surface area contributed by atoms with Crippen LogP contribution in [0.3, 0.4) is 0 Å². The van der Waals surface area contributed by atoms with Crippen molar-refractivity contribution in [1.82, 2.24) is 9.29 Å². The van der Waals surface area contributed by atoms with Crippen LogP contribution in [0.25, 0.3) is 0 Å². The SMILES string of the molecule is CCCCCC1CCC(OCC2C(N[S+]([O-])C3CC3)CCc3ccc(C)c(=O)n32)CC1. The number of fused-ring (bicyclic) bond motifs is 1. The molecule has 0 radical (unpaired) electrons. The quantitative estimate of drug-likeness (QED) is 0.420. The fraction of sp³-hybridized carbons (Fsp3) is 0.800. The Labute approximate surface area is 190 Å². The molecule has 4 rings (SSSR count). The Hall–Kier alpha value is -0.820.